The Balaban J connectivity index is 2.14. The summed E-state index contributed by atoms with van der Waals surface area (Å²) in [6, 6.07) is 7.96. The highest BCUT2D eigenvalue weighted by atomic mass is 19.4. The van der Waals surface area contributed by atoms with Crippen molar-refractivity contribution in [3.8, 4) is 17.2 Å². The van der Waals surface area contributed by atoms with Crippen LogP contribution in [0.15, 0.2) is 41.5 Å². The van der Waals surface area contributed by atoms with Crippen molar-refractivity contribution in [1.82, 2.24) is 0 Å². The van der Waals surface area contributed by atoms with Crippen LogP contribution in [0.25, 0.3) is 0 Å². The van der Waals surface area contributed by atoms with Crippen LogP contribution in [-0.2, 0) is 6.18 Å². The maximum Gasteiger partial charge on any atom is 0.416 e. The first kappa shape index (κ1) is 18.4. The monoisotopic (exact) mass is 354 g/mol. The molecule has 134 valence electrons. The number of ether oxygens (including phenoxy) is 3. The summed E-state index contributed by atoms with van der Waals surface area (Å²) in [6.07, 6.45) is -2.87. The lowest BCUT2D eigenvalue weighted by atomic mass is 10.2. The Hall–Kier alpha value is -2.90. The number of halogens is 3. The van der Waals surface area contributed by atoms with Gasteiger partial charge in [-0.3, -0.25) is 5.43 Å². The number of alkyl halides is 3. The van der Waals surface area contributed by atoms with Crippen LogP contribution >= 0.6 is 0 Å². The van der Waals surface area contributed by atoms with Gasteiger partial charge < -0.3 is 14.2 Å². The van der Waals surface area contributed by atoms with Gasteiger partial charge in [-0.15, -0.1) is 0 Å². The molecule has 0 spiro atoms. The van der Waals surface area contributed by atoms with E-state index in [0.29, 0.717) is 28.5 Å². The summed E-state index contributed by atoms with van der Waals surface area (Å²) in [5, 5.41) is 4.00. The fourth-order valence-electron chi connectivity index (χ4n) is 2.09. The molecule has 0 aromatic heterocycles. The number of rotatable bonds is 6. The minimum atomic E-state index is -4.36. The maximum absolute atomic E-state index is 12.5. The van der Waals surface area contributed by atoms with Gasteiger partial charge in [-0.2, -0.15) is 18.3 Å². The van der Waals surface area contributed by atoms with Crippen molar-refractivity contribution in [2.45, 2.75) is 6.18 Å². The van der Waals surface area contributed by atoms with Crippen LogP contribution in [-0.4, -0.2) is 27.5 Å². The third-order valence-corrected chi connectivity index (χ3v) is 3.31. The molecule has 2 aromatic carbocycles. The topological polar surface area (TPSA) is 52.1 Å². The lowest BCUT2D eigenvalue weighted by molar-refractivity contribution is -0.137. The average Bonchev–Trinajstić information content (AvgIpc) is 2.60. The van der Waals surface area contributed by atoms with Crippen LogP contribution in [0.2, 0.25) is 0 Å². The molecule has 0 radical (unpaired) electrons. The Morgan fingerprint density at radius 1 is 0.920 bits per heavy atom. The molecule has 0 aliphatic heterocycles. The second kappa shape index (κ2) is 7.78. The van der Waals surface area contributed by atoms with E-state index >= 15 is 0 Å². The summed E-state index contributed by atoms with van der Waals surface area (Å²) in [5.74, 6) is 1.40. The van der Waals surface area contributed by atoms with Crippen molar-refractivity contribution >= 4 is 11.9 Å². The zero-order chi connectivity index (χ0) is 18.4. The van der Waals surface area contributed by atoms with E-state index in [1.165, 1.54) is 39.7 Å². The predicted molar refractivity (Wildman–Crippen MR) is 88.8 cm³/mol. The Kier molecular flexibility index (Phi) is 5.74. The van der Waals surface area contributed by atoms with E-state index in [1.54, 1.807) is 12.1 Å². The zero-order valence-corrected chi connectivity index (χ0v) is 13.8. The Morgan fingerprint density at radius 2 is 1.48 bits per heavy atom. The van der Waals surface area contributed by atoms with E-state index in [1.807, 2.05) is 0 Å². The Morgan fingerprint density at radius 3 is 1.92 bits per heavy atom. The number of methoxy groups -OCH3 is 3. The van der Waals surface area contributed by atoms with Crippen molar-refractivity contribution in [3.63, 3.8) is 0 Å². The SMILES string of the molecule is COc1cc(C=NNc2ccc(C(F)(F)F)cc2)cc(OC)c1OC. The summed E-state index contributed by atoms with van der Waals surface area (Å²) >= 11 is 0. The van der Waals surface area contributed by atoms with E-state index < -0.39 is 11.7 Å². The van der Waals surface area contributed by atoms with Gasteiger partial charge >= 0.3 is 6.18 Å². The van der Waals surface area contributed by atoms with Gasteiger partial charge in [0.05, 0.1) is 38.8 Å². The molecule has 0 amide bonds. The first-order valence-corrected chi connectivity index (χ1v) is 7.15. The van der Waals surface area contributed by atoms with Crippen molar-refractivity contribution in [2.24, 2.45) is 5.10 Å². The van der Waals surface area contributed by atoms with Crippen molar-refractivity contribution < 1.29 is 27.4 Å². The van der Waals surface area contributed by atoms with Gasteiger partial charge in [0.25, 0.3) is 0 Å². The van der Waals surface area contributed by atoms with Gasteiger partial charge in [0.2, 0.25) is 5.75 Å². The fourth-order valence-corrected chi connectivity index (χ4v) is 2.09. The number of hydrogen-bond donors (Lipinski definition) is 1. The van der Waals surface area contributed by atoms with Crippen LogP contribution in [0.1, 0.15) is 11.1 Å². The summed E-state index contributed by atoms with van der Waals surface area (Å²) in [6.45, 7) is 0. The molecule has 1 N–H and O–H groups in total. The lowest BCUT2D eigenvalue weighted by Crippen LogP contribution is -2.04. The number of anilines is 1. The molecule has 0 saturated carbocycles. The molecule has 0 bridgehead atoms. The molecular formula is C17H17F3N2O3. The Labute approximate surface area is 143 Å². The summed E-state index contributed by atoms with van der Waals surface area (Å²) in [7, 11) is 4.50. The third kappa shape index (κ3) is 4.56. The second-order valence-corrected chi connectivity index (χ2v) is 4.90. The number of benzene rings is 2. The second-order valence-electron chi connectivity index (χ2n) is 4.90. The van der Waals surface area contributed by atoms with Crippen LogP contribution in [0.3, 0.4) is 0 Å². The van der Waals surface area contributed by atoms with Crippen LogP contribution in [0, 0.1) is 0 Å². The summed E-state index contributed by atoms with van der Waals surface area (Å²) < 4.78 is 53.2. The third-order valence-electron chi connectivity index (χ3n) is 3.31. The molecule has 5 nitrogen and oxygen atoms in total. The van der Waals surface area contributed by atoms with Gasteiger partial charge in [0.1, 0.15) is 0 Å². The van der Waals surface area contributed by atoms with Crippen molar-refractivity contribution in [1.29, 1.82) is 0 Å². The van der Waals surface area contributed by atoms with Gasteiger partial charge in [0, 0.05) is 5.56 Å². The van der Waals surface area contributed by atoms with Crippen LogP contribution in [0.5, 0.6) is 17.2 Å². The molecule has 0 aliphatic carbocycles. The summed E-state index contributed by atoms with van der Waals surface area (Å²) in [5.41, 5.74) is 3.04. The van der Waals surface area contributed by atoms with Crippen LogP contribution in [0.4, 0.5) is 18.9 Å². The highest BCUT2D eigenvalue weighted by Gasteiger charge is 2.29. The smallest absolute Gasteiger partial charge is 0.416 e. The molecule has 0 fully saturated rings. The van der Waals surface area contributed by atoms with E-state index in [9.17, 15) is 13.2 Å². The number of hydrogen-bond acceptors (Lipinski definition) is 5. The lowest BCUT2D eigenvalue weighted by Gasteiger charge is -2.12. The molecule has 0 atom stereocenters. The molecule has 2 aromatic rings. The molecule has 0 saturated heterocycles. The van der Waals surface area contributed by atoms with Crippen molar-refractivity contribution in [2.75, 3.05) is 26.8 Å². The highest BCUT2D eigenvalue weighted by Crippen LogP contribution is 2.37. The molecule has 0 heterocycles. The largest absolute Gasteiger partial charge is 0.493 e. The van der Waals surface area contributed by atoms with E-state index in [2.05, 4.69) is 10.5 Å². The first-order valence-electron chi connectivity index (χ1n) is 7.15. The molecule has 0 unspecified atom stereocenters. The van der Waals surface area contributed by atoms with Crippen LogP contribution < -0.4 is 19.6 Å². The molecule has 8 heteroatoms. The first-order chi connectivity index (χ1) is 11.9. The summed E-state index contributed by atoms with van der Waals surface area (Å²) in [4.78, 5) is 0. The maximum atomic E-state index is 12.5. The molecule has 0 aliphatic rings. The van der Waals surface area contributed by atoms with Gasteiger partial charge in [0.15, 0.2) is 11.5 Å². The van der Waals surface area contributed by atoms with E-state index in [4.69, 9.17) is 14.2 Å². The highest BCUT2D eigenvalue weighted by molar-refractivity contribution is 5.83. The number of nitrogens with zero attached hydrogens (tertiary/aromatic N) is 1. The minimum absolute atomic E-state index is 0.427. The van der Waals surface area contributed by atoms with E-state index in [-0.39, 0.29) is 0 Å². The van der Waals surface area contributed by atoms with Gasteiger partial charge in [-0.05, 0) is 36.4 Å². The zero-order valence-electron chi connectivity index (χ0n) is 13.8. The molecule has 25 heavy (non-hydrogen) atoms. The minimum Gasteiger partial charge on any atom is -0.493 e. The van der Waals surface area contributed by atoms with E-state index in [0.717, 1.165) is 12.1 Å². The number of hydrazone groups is 1. The quantitative estimate of drug-likeness (QED) is 0.625. The average molecular weight is 354 g/mol. The standard InChI is InChI=1S/C17H17F3N2O3/c1-23-14-8-11(9-15(24-2)16(14)25-3)10-21-22-13-6-4-12(5-7-13)17(18,19)20/h4-10,22H,1-3H3. The van der Waals surface area contributed by atoms with Gasteiger partial charge in [-0.25, -0.2) is 0 Å². The number of nitrogens with one attached hydrogen (secondary N) is 1. The Bertz CT molecular complexity index is 719. The molecular weight excluding hydrogens is 337 g/mol. The predicted octanol–water partition coefficient (Wildman–Crippen LogP) is 4.18. The fraction of sp³-hybridized carbons (Fsp3) is 0.235. The van der Waals surface area contributed by atoms with Crippen molar-refractivity contribution in [3.05, 3.63) is 47.5 Å². The van der Waals surface area contributed by atoms with Gasteiger partial charge in [-0.1, -0.05) is 0 Å². The normalized spacial score (nSPS) is 11.4. The molecule has 2 rings (SSSR count).